The van der Waals surface area contributed by atoms with Gasteiger partial charge in [0.1, 0.15) is 17.4 Å². The molecule has 3 N–H and O–H groups in total. The van der Waals surface area contributed by atoms with Crippen LogP contribution in [0.25, 0.3) is 0 Å². The second-order valence-corrected chi connectivity index (χ2v) is 10.6. The van der Waals surface area contributed by atoms with Crippen molar-refractivity contribution in [3.05, 3.63) is 87.2 Å². The highest BCUT2D eigenvalue weighted by molar-refractivity contribution is 6.29. The minimum atomic E-state index is -3.34. The largest absolute Gasteiger partial charge is 0.359 e. The Hall–Kier alpha value is -3.37. The number of hydrogen-bond donors (Lipinski definition) is 3. The van der Waals surface area contributed by atoms with E-state index in [9.17, 15) is 18.4 Å². The molecule has 2 aliphatic carbocycles. The Balaban J connectivity index is 1.18. The summed E-state index contributed by atoms with van der Waals surface area (Å²) in [4.78, 5) is 33.2. The Labute approximate surface area is 230 Å². The molecule has 2 aromatic heterocycles. The van der Waals surface area contributed by atoms with Gasteiger partial charge in [-0.1, -0.05) is 41.9 Å². The van der Waals surface area contributed by atoms with Gasteiger partial charge < -0.3 is 16.0 Å². The third kappa shape index (κ3) is 6.99. The van der Waals surface area contributed by atoms with E-state index >= 15 is 0 Å². The summed E-state index contributed by atoms with van der Waals surface area (Å²) in [5.74, 6) is -2.54. The molecule has 0 saturated heterocycles. The third-order valence-corrected chi connectivity index (χ3v) is 7.51. The van der Waals surface area contributed by atoms with Gasteiger partial charge >= 0.3 is 5.92 Å². The highest BCUT2D eigenvalue weighted by Crippen LogP contribution is 2.44. The van der Waals surface area contributed by atoms with E-state index in [4.69, 9.17) is 11.6 Å². The van der Waals surface area contributed by atoms with E-state index in [0.717, 1.165) is 40.3 Å². The fourth-order valence-electron chi connectivity index (χ4n) is 4.75. The molecular formula is C28H31ClF2N6O2. The normalized spacial score (nSPS) is 15.4. The monoisotopic (exact) mass is 556 g/mol. The zero-order chi connectivity index (χ0) is 27.4. The second kappa shape index (κ2) is 11.8. The van der Waals surface area contributed by atoms with Crippen molar-refractivity contribution in [1.29, 1.82) is 0 Å². The zero-order valence-electron chi connectivity index (χ0n) is 21.4. The fraction of sp³-hybridized carbons (Fsp3) is 0.429. The lowest BCUT2D eigenvalue weighted by molar-refractivity contribution is -0.121. The Morgan fingerprint density at radius 1 is 1.03 bits per heavy atom. The van der Waals surface area contributed by atoms with E-state index < -0.39 is 29.6 Å². The molecule has 11 heteroatoms. The average Bonchev–Trinajstić information content (AvgIpc) is 3.86. The molecule has 2 heterocycles. The Bertz CT molecular complexity index is 1350. The molecule has 39 heavy (non-hydrogen) atoms. The van der Waals surface area contributed by atoms with E-state index in [1.807, 2.05) is 24.3 Å². The predicted octanol–water partition coefficient (Wildman–Crippen LogP) is 4.09. The van der Waals surface area contributed by atoms with Crippen molar-refractivity contribution in [3.8, 4) is 0 Å². The Morgan fingerprint density at radius 3 is 2.33 bits per heavy atom. The van der Waals surface area contributed by atoms with Crippen molar-refractivity contribution in [2.45, 2.75) is 57.3 Å². The molecule has 0 unspecified atom stereocenters. The van der Waals surface area contributed by atoms with Gasteiger partial charge in [-0.3, -0.25) is 19.1 Å². The third-order valence-electron chi connectivity index (χ3n) is 7.21. The summed E-state index contributed by atoms with van der Waals surface area (Å²) in [7, 11) is 0. The molecule has 2 saturated carbocycles. The van der Waals surface area contributed by atoms with E-state index in [0.29, 0.717) is 6.04 Å². The molecule has 8 nitrogen and oxygen atoms in total. The number of rotatable bonds is 13. The number of pyridine rings is 1. The lowest BCUT2D eigenvalue weighted by atomic mass is 10.0. The van der Waals surface area contributed by atoms with E-state index in [2.05, 4.69) is 25.9 Å². The van der Waals surface area contributed by atoms with Crippen molar-refractivity contribution < 1.29 is 13.6 Å². The number of carbonyl (C=O) groups excluding carboxylic acids is 1. The van der Waals surface area contributed by atoms with Crippen LogP contribution in [0.2, 0.25) is 5.15 Å². The highest BCUT2D eigenvalue weighted by Gasteiger charge is 2.41. The molecule has 3 aromatic rings. The standard InChI is InChI=1S/C28H31ClF2N6O2/c29-23-15-35-26(36-17-28(30,31)22-7-3-4-12-32-22)27(39)37(23)16-24(38)33-13-20-5-1-2-6-21(20)14-34-25(18-8-9-18)19-10-11-19/h1-7,12,15,18-19,25,34H,8-11,13-14,16-17H2,(H,33,38)(H,35,36). The number of aromatic nitrogens is 3. The van der Waals surface area contributed by atoms with E-state index in [1.54, 1.807) is 0 Å². The van der Waals surface area contributed by atoms with Crippen molar-refractivity contribution in [1.82, 2.24) is 25.2 Å². The minimum Gasteiger partial charge on any atom is -0.359 e. The summed E-state index contributed by atoms with van der Waals surface area (Å²) >= 11 is 6.13. The SMILES string of the molecule is O=C(Cn1c(Cl)cnc(NCC(F)(F)c2ccccn2)c1=O)NCc1ccccc1CNC(C1CC1)C1CC1. The van der Waals surface area contributed by atoms with Gasteiger partial charge in [0.15, 0.2) is 5.82 Å². The number of nitrogens with zero attached hydrogens (tertiary/aromatic N) is 3. The molecule has 2 fully saturated rings. The van der Waals surface area contributed by atoms with Gasteiger partial charge in [-0.05, 0) is 60.8 Å². The molecule has 0 aliphatic heterocycles. The number of carbonyl (C=O) groups is 1. The summed E-state index contributed by atoms with van der Waals surface area (Å²) in [6.07, 6.45) is 7.61. The number of hydrogen-bond acceptors (Lipinski definition) is 6. The van der Waals surface area contributed by atoms with Crippen LogP contribution < -0.4 is 21.5 Å². The first-order valence-corrected chi connectivity index (χ1v) is 13.5. The van der Waals surface area contributed by atoms with Crippen molar-refractivity contribution in [2.24, 2.45) is 11.8 Å². The van der Waals surface area contributed by atoms with Crippen LogP contribution in [0.3, 0.4) is 0 Å². The number of nitrogens with one attached hydrogen (secondary N) is 3. The molecule has 0 radical (unpaired) electrons. The molecule has 206 valence electrons. The van der Waals surface area contributed by atoms with Crippen LogP contribution >= 0.6 is 11.6 Å². The summed E-state index contributed by atoms with van der Waals surface area (Å²) in [5.41, 5.74) is 0.891. The van der Waals surface area contributed by atoms with Crippen LogP contribution in [-0.4, -0.2) is 33.0 Å². The summed E-state index contributed by atoms with van der Waals surface area (Å²) in [6.45, 7) is -0.255. The van der Waals surface area contributed by atoms with Crippen LogP contribution in [-0.2, 0) is 30.4 Å². The maximum absolute atomic E-state index is 14.5. The van der Waals surface area contributed by atoms with Crippen LogP contribution in [0.5, 0.6) is 0 Å². The van der Waals surface area contributed by atoms with E-state index in [1.165, 1.54) is 50.1 Å². The van der Waals surface area contributed by atoms with Crippen molar-refractivity contribution >= 4 is 23.3 Å². The first-order valence-electron chi connectivity index (χ1n) is 13.2. The molecule has 2 aliphatic rings. The van der Waals surface area contributed by atoms with E-state index in [-0.39, 0.29) is 24.1 Å². The Morgan fingerprint density at radius 2 is 1.69 bits per heavy atom. The van der Waals surface area contributed by atoms with Crippen molar-refractivity contribution in [3.63, 3.8) is 0 Å². The van der Waals surface area contributed by atoms with Gasteiger partial charge in [0.25, 0.3) is 5.56 Å². The molecule has 5 rings (SSSR count). The van der Waals surface area contributed by atoms with Gasteiger partial charge in [-0.25, -0.2) is 4.98 Å². The number of anilines is 1. The molecule has 1 aromatic carbocycles. The lowest BCUT2D eigenvalue weighted by Gasteiger charge is -2.19. The fourth-order valence-corrected chi connectivity index (χ4v) is 4.94. The van der Waals surface area contributed by atoms with Gasteiger partial charge in [-0.2, -0.15) is 8.78 Å². The molecule has 0 bridgehead atoms. The highest BCUT2D eigenvalue weighted by atomic mass is 35.5. The average molecular weight is 557 g/mol. The lowest BCUT2D eigenvalue weighted by Crippen LogP contribution is -2.35. The van der Waals surface area contributed by atoms with Gasteiger partial charge in [0.05, 0.1) is 12.7 Å². The molecule has 0 spiro atoms. The molecule has 0 atom stereocenters. The van der Waals surface area contributed by atoms with Gasteiger partial charge in [-0.15, -0.1) is 0 Å². The molecule has 1 amide bonds. The summed E-state index contributed by atoms with van der Waals surface area (Å²) < 4.78 is 30.0. The summed E-state index contributed by atoms with van der Waals surface area (Å²) in [6, 6.07) is 12.7. The molecular weight excluding hydrogens is 526 g/mol. The minimum absolute atomic E-state index is 0.0759. The topological polar surface area (TPSA) is 101 Å². The maximum Gasteiger partial charge on any atom is 0.306 e. The first kappa shape index (κ1) is 27.2. The zero-order valence-corrected chi connectivity index (χ0v) is 22.1. The maximum atomic E-state index is 14.5. The Kier molecular flexibility index (Phi) is 8.23. The predicted molar refractivity (Wildman–Crippen MR) is 144 cm³/mol. The summed E-state index contributed by atoms with van der Waals surface area (Å²) in [5, 5.41) is 8.88. The smallest absolute Gasteiger partial charge is 0.306 e. The number of amides is 1. The van der Waals surface area contributed by atoms with Gasteiger partial charge in [0, 0.05) is 25.3 Å². The first-order chi connectivity index (χ1) is 18.8. The van der Waals surface area contributed by atoms with Crippen molar-refractivity contribution in [2.75, 3.05) is 11.9 Å². The van der Waals surface area contributed by atoms with Crippen LogP contribution in [0.4, 0.5) is 14.6 Å². The van der Waals surface area contributed by atoms with Gasteiger partial charge in [0.2, 0.25) is 5.91 Å². The van der Waals surface area contributed by atoms with Crippen LogP contribution in [0.1, 0.15) is 42.5 Å². The number of alkyl halides is 2. The van der Waals surface area contributed by atoms with Crippen LogP contribution in [0, 0.1) is 11.8 Å². The number of halogens is 3. The number of benzene rings is 1. The van der Waals surface area contributed by atoms with Crippen LogP contribution in [0.15, 0.2) is 59.7 Å². The second-order valence-electron chi connectivity index (χ2n) is 10.2. The quantitative estimate of drug-likeness (QED) is 0.293.